The highest BCUT2D eigenvalue weighted by molar-refractivity contribution is 5.75. The number of allylic oxidation sites excluding steroid dienone is 1. The fourth-order valence-corrected chi connectivity index (χ4v) is 3.66. The number of rotatable bonds is 6. The van der Waals surface area contributed by atoms with E-state index in [9.17, 15) is 18.0 Å². The van der Waals surface area contributed by atoms with Crippen LogP contribution >= 0.6 is 0 Å². The molecule has 2 heterocycles. The first kappa shape index (κ1) is 21.8. The Morgan fingerprint density at radius 1 is 1.12 bits per heavy atom. The van der Waals surface area contributed by atoms with E-state index in [1.54, 1.807) is 16.8 Å². The fourth-order valence-electron chi connectivity index (χ4n) is 3.66. The molecule has 1 aliphatic rings. The summed E-state index contributed by atoms with van der Waals surface area (Å²) in [6.45, 7) is 0.777. The molecule has 4 rings (SSSR count). The van der Waals surface area contributed by atoms with Gasteiger partial charge in [-0.2, -0.15) is 13.2 Å². The van der Waals surface area contributed by atoms with Crippen LogP contribution in [-0.2, 0) is 25.7 Å². The van der Waals surface area contributed by atoms with Crippen molar-refractivity contribution in [2.45, 2.75) is 32.2 Å². The van der Waals surface area contributed by atoms with Crippen molar-refractivity contribution in [2.75, 3.05) is 7.05 Å². The molecule has 0 saturated carbocycles. The molecule has 2 aromatic heterocycles. The maximum absolute atomic E-state index is 12.7. The molecule has 3 aromatic rings. The summed E-state index contributed by atoms with van der Waals surface area (Å²) in [6.07, 6.45) is 1.61. The van der Waals surface area contributed by atoms with E-state index in [0.29, 0.717) is 11.4 Å². The maximum atomic E-state index is 12.7. The summed E-state index contributed by atoms with van der Waals surface area (Å²) in [5.74, 6) is 0.335. The summed E-state index contributed by atoms with van der Waals surface area (Å²) >= 11 is 0. The van der Waals surface area contributed by atoms with Crippen LogP contribution < -0.4 is 15.6 Å². The van der Waals surface area contributed by atoms with Crippen molar-refractivity contribution in [3.05, 3.63) is 93.2 Å². The highest BCUT2D eigenvalue weighted by Gasteiger charge is 2.30. The van der Waals surface area contributed by atoms with Crippen molar-refractivity contribution in [3.63, 3.8) is 0 Å². The molecular formula is C24H22F3N3O2. The number of pyridine rings is 2. The molecule has 5 nitrogen and oxygen atoms in total. The number of halogens is 3. The van der Waals surface area contributed by atoms with Crippen LogP contribution in [0.15, 0.2) is 59.7 Å². The van der Waals surface area contributed by atoms with E-state index in [-0.39, 0.29) is 12.2 Å². The van der Waals surface area contributed by atoms with Crippen LogP contribution in [0.5, 0.6) is 5.75 Å². The average molecular weight is 441 g/mol. The van der Waals surface area contributed by atoms with E-state index in [4.69, 9.17) is 4.74 Å². The number of aromatic nitrogens is 2. The van der Waals surface area contributed by atoms with Crippen molar-refractivity contribution in [1.82, 2.24) is 14.9 Å². The molecule has 0 saturated heterocycles. The van der Waals surface area contributed by atoms with Crippen LogP contribution in [0.1, 0.15) is 34.4 Å². The number of hydrogen-bond donors (Lipinski definition) is 1. The van der Waals surface area contributed by atoms with E-state index < -0.39 is 11.7 Å². The van der Waals surface area contributed by atoms with Crippen molar-refractivity contribution >= 4 is 11.8 Å². The zero-order valence-electron chi connectivity index (χ0n) is 17.4. The second kappa shape index (κ2) is 9.00. The van der Waals surface area contributed by atoms with E-state index in [1.807, 2.05) is 13.1 Å². The molecule has 8 heteroatoms. The normalized spacial score (nSPS) is 13.4. The van der Waals surface area contributed by atoms with Crippen LogP contribution in [0.3, 0.4) is 0 Å². The fraction of sp³-hybridized carbons (Fsp3) is 0.250. The summed E-state index contributed by atoms with van der Waals surface area (Å²) < 4.78 is 45.0. The number of alkyl halides is 3. The van der Waals surface area contributed by atoms with Crippen LogP contribution in [0.25, 0.3) is 11.8 Å². The Morgan fingerprint density at radius 3 is 2.66 bits per heavy atom. The van der Waals surface area contributed by atoms with Crippen molar-refractivity contribution in [1.29, 1.82) is 0 Å². The lowest BCUT2D eigenvalue weighted by molar-refractivity contribution is -0.137. The Balaban J connectivity index is 1.46. The number of aryl methyl sites for hydroxylation is 1. The van der Waals surface area contributed by atoms with Gasteiger partial charge in [0.2, 0.25) is 0 Å². The molecule has 0 atom stereocenters. The smallest absolute Gasteiger partial charge is 0.417 e. The molecule has 0 spiro atoms. The standard InChI is InChI=1S/C24H22F3N3O2/c1-28-13-16-2-3-18-11-21(7-4-17(18)10-16)30-9-8-22(12-23(30)31)32-15-20-6-5-19(14-29-20)24(25,26)27/h2-3,5-6,8-12,14,28H,4,7,13,15H2,1H3. The third-order valence-corrected chi connectivity index (χ3v) is 5.30. The first-order valence-corrected chi connectivity index (χ1v) is 10.2. The van der Waals surface area contributed by atoms with Gasteiger partial charge in [-0.3, -0.25) is 14.3 Å². The van der Waals surface area contributed by atoms with Crippen LogP contribution in [0, 0.1) is 0 Å². The minimum absolute atomic E-state index is 0.0351. The monoisotopic (exact) mass is 441 g/mol. The van der Waals surface area contributed by atoms with Gasteiger partial charge in [0.05, 0.1) is 11.3 Å². The Morgan fingerprint density at radius 2 is 1.97 bits per heavy atom. The molecule has 32 heavy (non-hydrogen) atoms. The van der Waals surface area contributed by atoms with Crippen LogP contribution in [0.2, 0.25) is 0 Å². The van der Waals surface area contributed by atoms with Crippen molar-refractivity contribution in [3.8, 4) is 5.75 Å². The van der Waals surface area contributed by atoms with Gasteiger partial charge in [-0.05, 0) is 60.9 Å². The van der Waals surface area contributed by atoms with E-state index in [1.165, 1.54) is 23.3 Å². The molecule has 0 unspecified atom stereocenters. The number of fused-ring (bicyclic) bond motifs is 1. The summed E-state index contributed by atoms with van der Waals surface area (Å²) in [5.41, 5.74) is 3.79. The lowest BCUT2D eigenvalue weighted by Gasteiger charge is -2.19. The van der Waals surface area contributed by atoms with Gasteiger partial charge < -0.3 is 10.1 Å². The second-order valence-corrected chi connectivity index (χ2v) is 7.59. The lowest BCUT2D eigenvalue weighted by atomic mass is 9.93. The molecule has 1 aromatic carbocycles. The van der Waals surface area contributed by atoms with E-state index in [2.05, 4.69) is 28.5 Å². The quantitative estimate of drug-likeness (QED) is 0.612. The van der Waals surface area contributed by atoms with Crippen molar-refractivity contribution in [2.24, 2.45) is 0 Å². The first-order valence-electron chi connectivity index (χ1n) is 10.2. The third kappa shape index (κ3) is 4.91. The summed E-state index contributed by atoms with van der Waals surface area (Å²) in [6, 6.07) is 11.6. The molecule has 0 amide bonds. The van der Waals surface area contributed by atoms with Crippen molar-refractivity contribution < 1.29 is 17.9 Å². The molecule has 0 fully saturated rings. The van der Waals surface area contributed by atoms with Gasteiger partial charge in [0.15, 0.2) is 0 Å². The van der Waals surface area contributed by atoms with Gasteiger partial charge in [0, 0.05) is 30.7 Å². The molecular weight excluding hydrogens is 419 g/mol. The molecule has 1 aliphatic carbocycles. The van der Waals surface area contributed by atoms with E-state index >= 15 is 0 Å². The lowest BCUT2D eigenvalue weighted by Crippen LogP contribution is -2.19. The highest BCUT2D eigenvalue weighted by atomic mass is 19.4. The molecule has 0 aliphatic heterocycles. The predicted octanol–water partition coefficient (Wildman–Crippen LogP) is 4.50. The van der Waals surface area contributed by atoms with Gasteiger partial charge in [-0.25, -0.2) is 0 Å². The zero-order valence-corrected chi connectivity index (χ0v) is 17.4. The van der Waals surface area contributed by atoms with Gasteiger partial charge >= 0.3 is 6.18 Å². The first-order chi connectivity index (χ1) is 15.3. The molecule has 0 radical (unpaired) electrons. The van der Waals surface area contributed by atoms with Gasteiger partial charge in [-0.1, -0.05) is 18.2 Å². The van der Waals surface area contributed by atoms with Gasteiger partial charge in [-0.15, -0.1) is 0 Å². The SMILES string of the molecule is CNCc1ccc2c(c1)CCC(n1ccc(OCc3ccc(C(F)(F)F)cn3)cc1=O)=C2. The van der Waals surface area contributed by atoms with Crippen LogP contribution in [-0.4, -0.2) is 16.6 Å². The molecule has 166 valence electrons. The van der Waals surface area contributed by atoms with Gasteiger partial charge in [0.1, 0.15) is 12.4 Å². The topological polar surface area (TPSA) is 56.1 Å². The Labute approximate surface area is 183 Å². The third-order valence-electron chi connectivity index (χ3n) is 5.30. The van der Waals surface area contributed by atoms with Crippen LogP contribution in [0.4, 0.5) is 13.2 Å². The molecule has 1 N–H and O–H groups in total. The number of nitrogens with one attached hydrogen (secondary N) is 1. The summed E-state index contributed by atoms with van der Waals surface area (Å²) in [5, 5.41) is 3.15. The zero-order chi connectivity index (χ0) is 22.7. The molecule has 0 bridgehead atoms. The second-order valence-electron chi connectivity index (χ2n) is 7.59. The van der Waals surface area contributed by atoms with Gasteiger partial charge in [0.25, 0.3) is 5.56 Å². The number of ether oxygens (including phenoxy) is 1. The number of benzene rings is 1. The van der Waals surface area contributed by atoms with E-state index in [0.717, 1.165) is 42.9 Å². The number of nitrogens with zero attached hydrogens (tertiary/aromatic N) is 2. The minimum Gasteiger partial charge on any atom is -0.487 e. The Bertz CT molecular complexity index is 1200. The summed E-state index contributed by atoms with van der Waals surface area (Å²) in [4.78, 5) is 16.4. The minimum atomic E-state index is -4.43. The maximum Gasteiger partial charge on any atom is 0.417 e. The number of hydrogen-bond acceptors (Lipinski definition) is 4. The highest BCUT2D eigenvalue weighted by Crippen LogP contribution is 2.29. The summed E-state index contributed by atoms with van der Waals surface area (Å²) in [7, 11) is 1.91. The Hall–Kier alpha value is -3.39. The average Bonchev–Trinajstić information content (AvgIpc) is 2.77. The predicted molar refractivity (Wildman–Crippen MR) is 116 cm³/mol. The Kier molecular flexibility index (Phi) is 6.14. The largest absolute Gasteiger partial charge is 0.487 e.